The lowest BCUT2D eigenvalue weighted by atomic mass is 10.1. The maximum absolute atomic E-state index is 12.3. The molecular weight excluding hydrogens is 300 g/mol. The first-order valence-corrected chi connectivity index (χ1v) is 8.25. The number of anilines is 1. The highest BCUT2D eigenvalue weighted by Gasteiger charge is 2.30. The Balaban J connectivity index is 1.59. The number of benzene rings is 2. The van der Waals surface area contributed by atoms with Gasteiger partial charge in [0.25, 0.3) is 5.91 Å². The Kier molecular flexibility index (Phi) is 4.65. The van der Waals surface area contributed by atoms with Gasteiger partial charge in [-0.3, -0.25) is 9.59 Å². The summed E-state index contributed by atoms with van der Waals surface area (Å²) in [5, 5.41) is 2.97. The normalized spacial score (nSPS) is 17.2. The van der Waals surface area contributed by atoms with Gasteiger partial charge >= 0.3 is 0 Å². The van der Waals surface area contributed by atoms with E-state index in [1.54, 1.807) is 4.90 Å². The lowest BCUT2D eigenvalue weighted by molar-refractivity contribution is -0.117. The van der Waals surface area contributed by atoms with Crippen molar-refractivity contribution in [3.05, 3.63) is 65.2 Å². The molecular formula is C20H22N2O2. The van der Waals surface area contributed by atoms with Crippen molar-refractivity contribution in [1.82, 2.24) is 5.32 Å². The molecule has 1 unspecified atom stereocenters. The van der Waals surface area contributed by atoms with E-state index in [0.29, 0.717) is 25.1 Å². The lowest BCUT2D eigenvalue weighted by Gasteiger charge is -2.17. The van der Waals surface area contributed by atoms with Crippen molar-refractivity contribution in [2.24, 2.45) is 5.92 Å². The maximum atomic E-state index is 12.3. The molecule has 1 atom stereocenters. The Morgan fingerprint density at radius 2 is 1.79 bits per heavy atom. The number of amides is 2. The van der Waals surface area contributed by atoms with Crippen molar-refractivity contribution < 1.29 is 9.59 Å². The van der Waals surface area contributed by atoms with Gasteiger partial charge in [0.05, 0.1) is 0 Å². The predicted molar refractivity (Wildman–Crippen MR) is 95.2 cm³/mol. The average molecular weight is 322 g/mol. The van der Waals surface area contributed by atoms with E-state index in [2.05, 4.69) is 5.32 Å². The molecule has 0 radical (unpaired) electrons. The van der Waals surface area contributed by atoms with Crippen molar-refractivity contribution in [3.63, 3.8) is 0 Å². The van der Waals surface area contributed by atoms with E-state index in [1.165, 1.54) is 0 Å². The SMILES string of the molecule is Cc1cc(C)cc(C(=O)NCC2CC(=O)N(c3ccccc3)C2)c1. The minimum atomic E-state index is -0.0765. The van der Waals surface area contributed by atoms with Crippen molar-refractivity contribution in [3.8, 4) is 0 Å². The summed E-state index contributed by atoms with van der Waals surface area (Å²) in [5.41, 5.74) is 3.75. The molecule has 1 fully saturated rings. The standard InChI is InChI=1S/C20H22N2O2/c1-14-8-15(2)10-17(9-14)20(24)21-12-16-11-19(23)22(13-16)18-6-4-3-5-7-18/h3-10,16H,11-13H2,1-2H3,(H,21,24). The van der Waals surface area contributed by atoms with Crippen LogP contribution >= 0.6 is 0 Å². The summed E-state index contributed by atoms with van der Waals surface area (Å²) in [4.78, 5) is 26.3. The molecule has 1 aliphatic rings. The van der Waals surface area contributed by atoms with Crippen LogP contribution in [0.15, 0.2) is 48.5 Å². The Labute approximate surface area is 142 Å². The van der Waals surface area contributed by atoms with Crippen molar-refractivity contribution in [2.75, 3.05) is 18.0 Å². The van der Waals surface area contributed by atoms with Gasteiger partial charge in [0.2, 0.25) is 5.91 Å². The first-order valence-electron chi connectivity index (χ1n) is 8.25. The van der Waals surface area contributed by atoms with Gasteiger partial charge in [-0.25, -0.2) is 0 Å². The van der Waals surface area contributed by atoms with E-state index in [9.17, 15) is 9.59 Å². The quantitative estimate of drug-likeness (QED) is 0.940. The number of carbonyl (C=O) groups excluding carboxylic acids is 2. The maximum Gasteiger partial charge on any atom is 0.251 e. The van der Waals surface area contributed by atoms with E-state index >= 15 is 0 Å². The fourth-order valence-electron chi connectivity index (χ4n) is 3.22. The molecule has 124 valence electrons. The number of hydrogen-bond acceptors (Lipinski definition) is 2. The van der Waals surface area contributed by atoms with Crippen molar-refractivity contribution >= 4 is 17.5 Å². The van der Waals surface area contributed by atoms with Gasteiger partial charge < -0.3 is 10.2 Å². The lowest BCUT2D eigenvalue weighted by Crippen LogP contribution is -2.31. The summed E-state index contributed by atoms with van der Waals surface area (Å²) >= 11 is 0. The van der Waals surface area contributed by atoms with Gasteiger partial charge in [0.15, 0.2) is 0 Å². The topological polar surface area (TPSA) is 49.4 Å². The molecule has 0 bridgehead atoms. The molecule has 1 heterocycles. The van der Waals surface area contributed by atoms with Crippen LogP contribution in [-0.4, -0.2) is 24.9 Å². The second kappa shape index (κ2) is 6.87. The summed E-state index contributed by atoms with van der Waals surface area (Å²) in [6.07, 6.45) is 0.474. The molecule has 24 heavy (non-hydrogen) atoms. The van der Waals surface area contributed by atoms with E-state index in [0.717, 1.165) is 16.8 Å². The summed E-state index contributed by atoms with van der Waals surface area (Å²) in [5.74, 6) is 0.187. The second-order valence-corrected chi connectivity index (χ2v) is 6.50. The third-order valence-electron chi connectivity index (χ3n) is 4.31. The third-order valence-corrected chi connectivity index (χ3v) is 4.31. The number of para-hydroxylation sites is 1. The van der Waals surface area contributed by atoms with Crippen molar-refractivity contribution in [1.29, 1.82) is 0 Å². The number of nitrogens with one attached hydrogen (secondary N) is 1. The number of carbonyl (C=O) groups is 2. The van der Waals surface area contributed by atoms with Gasteiger partial charge in [-0.2, -0.15) is 0 Å². The Morgan fingerprint density at radius 3 is 2.46 bits per heavy atom. The van der Waals surface area contributed by atoms with Crippen LogP contribution in [0.1, 0.15) is 27.9 Å². The first kappa shape index (κ1) is 16.2. The van der Waals surface area contributed by atoms with Crippen molar-refractivity contribution in [2.45, 2.75) is 20.3 Å². The fourth-order valence-corrected chi connectivity index (χ4v) is 3.22. The van der Waals surface area contributed by atoms with E-state index < -0.39 is 0 Å². The molecule has 2 aromatic carbocycles. The molecule has 4 heteroatoms. The molecule has 0 aromatic heterocycles. The highest BCUT2D eigenvalue weighted by atomic mass is 16.2. The van der Waals surface area contributed by atoms with Gasteiger partial charge in [0.1, 0.15) is 0 Å². The molecule has 1 aliphatic heterocycles. The molecule has 0 spiro atoms. The third kappa shape index (κ3) is 3.65. The zero-order chi connectivity index (χ0) is 17.1. The molecule has 0 saturated carbocycles. The monoisotopic (exact) mass is 322 g/mol. The molecule has 2 aromatic rings. The number of nitrogens with zero attached hydrogens (tertiary/aromatic N) is 1. The molecule has 0 aliphatic carbocycles. The van der Waals surface area contributed by atoms with Crippen LogP contribution in [-0.2, 0) is 4.79 Å². The summed E-state index contributed by atoms with van der Waals surface area (Å²) in [6.45, 7) is 5.13. The highest BCUT2D eigenvalue weighted by molar-refractivity contribution is 5.96. The molecule has 1 saturated heterocycles. The van der Waals surface area contributed by atoms with Crippen LogP contribution in [0.25, 0.3) is 0 Å². The zero-order valence-corrected chi connectivity index (χ0v) is 14.1. The number of aryl methyl sites for hydroxylation is 2. The van der Waals surface area contributed by atoms with Crippen LogP contribution in [0.3, 0.4) is 0 Å². The Morgan fingerprint density at radius 1 is 1.12 bits per heavy atom. The van der Waals surface area contributed by atoms with Crippen LogP contribution in [0, 0.1) is 19.8 Å². The second-order valence-electron chi connectivity index (χ2n) is 6.50. The van der Waals surface area contributed by atoms with Gasteiger partial charge in [-0.05, 0) is 38.1 Å². The molecule has 4 nitrogen and oxygen atoms in total. The summed E-state index contributed by atoms with van der Waals surface area (Å²) < 4.78 is 0. The van der Waals surface area contributed by atoms with Gasteiger partial charge in [0, 0.05) is 36.7 Å². The molecule has 2 amide bonds. The zero-order valence-electron chi connectivity index (χ0n) is 14.1. The minimum Gasteiger partial charge on any atom is -0.352 e. The average Bonchev–Trinajstić information content (AvgIpc) is 2.93. The van der Waals surface area contributed by atoms with E-state index in [4.69, 9.17) is 0 Å². The van der Waals surface area contributed by atoms with Crippen LogP contribution in [0.4, 0.5) is 5.69 Å². The molecule has 3 rings (SSSR count). The van der Waals surface area contributed by atoms with Gasteiger partial charge in [-0.15, -0.1) is 0 Å². The molecule has 1 N–H and O–H groups in total. The highest BCUT2D eigenvalue weighted by Crippen LogP contribution is 2.24. The van der Waals surface area contributed by atoms with Crippen LogP contribution in [0.5, 0.6) is 0 Å². The largest absolute Gasteiger partial charge is 0.352 e. The fraction of sp³-hybridized carbons (Fsp3) is 0.300. The van der Waals surface area contributed by atoms with E-state index in [-0.39, 0.29) is 17.7 Å². The Bertz CT molecular complexity index is 735. The first-order chi connectivity index (χ1) is 11.5. The number of hydrogen-bond donors (Lipinski definition) is 1. The van der Waals surface area contributed by atoms with Crippen LogP contribution < -0.4 is 10.2 Å². The summed E-state index contributed by atoms with van der Waals surface area (Å²) in [6, 6.07) is 15.5. The Hall–Kier alpha value is -2.62. The smallest absolute Gasteiger partial charge is 0.251 e. The predicted octanol–water partition coefficient (Wildman–Crippen LogP) is 3.09. The minimum absolute atomic E-state index is 0.0765. The number of rotatable bonds is 4. The van der Waals surface area contributed by atoms with E-state index in [1.807, 2.05) is 62.4 Å². The van der Waals surface area contributed by atoms with Gasteiger partial charge in [-0.1, -0.05) is 35.4 Å². The summed E-state index contributed by atoms with van der Waals surface area (Å²) in [7, 11) is 0. The van der Waals surface area contributed by atoms with Crippen LogP contribution in [0.2, 0.25) is 0 Å².